The van der Waals surface area contributed by atoms with Crippen molar-refractivity contribution in [3.63, 3.8) is 0 Å². The Morgan fingerprint density at radius 1 is 1.06 bits per heavy atom. The molecule has 1 aromatic heterocycles. The van der Waals surface area contributed by atoms with E-state index in [0.29, 0.717) is 29.0 Å². The van der Waals surface area contributed by atoms with Gasteiger partial charge < -0.3 is 14.2 Å². The number of halogens is 2. The van der Waals surface area contributed by atoms with Crippen LogP contribution in [0.3, 0.4) is 0 Å². The van der Waals surface area contributed by atoms with Gasteiger partial charge in [0.25, 0.3) is 5.19 Å². The van der Waals surface area contributed by atoms with Crippen LogP contribution in [0.1, 0.15) is 12.8 Å². The van der Waals surface area contributed by atoms with Gasteiger partial charge in [0, 0.05) is 25.2 Å². The average Bonchev–Trinajstić information content (AvgIpc) is 3.16. The first kappa shape index (κ1) is 21.7. The predicted octanol–water partition coefficient (Wildman–Crippen LogP) is 3.82. The lowest BCUT2D eigenvalue weighted by molar-refractivity contribution is 0.135. The van der Waals surface area contributed by atoms with Crippen LogP contribution in [-0.4, -0.2) is 51.1 Å². The van der Waals surface area contributed by atoms with E-state index in [4.69, 9.17) is 14.2 Å². The van der Waals surface area contributed by atoms with Crippen molar-refractivity contribution in [2.75, 3.05) is 27.3 Å². The van der Waals surface area contributed by atoms with E-state index in [2.05, 4.69) is 4.98 Å². The minimum atomic E-state index is -3.71. The molecule has 2 aromatic carbocycles. The third-order valence-corrected chi connectivity index (χ3v) is 7.84. The number of hydrogen-bond acceptors (Lipinski definition) is 7. The van der Waals surface area contributed by atoms with Gasteiger partial charge in [-0.05, 0) is 31.0 Å². The number of nitrogens with zero attached hydrogens (tertiary/aromatic N) is 2. The molecule has 1 aliphatic rings. The highest BCUT2D eigenvalue weighted by Crippen LogP contribution is 2.34. The minimum Gasteiger partial charge on any atom is -0.493 e. The summed E-state index contributed by atoms with van der Waals surface area (Å²) in [6, 6.07) is 6.46. The standard InChI is InChI=1S/C20H20F2N2O5S2/c1-27-16-4-3-14(11-17(16)28-2)31(25,26)24-7-5-13(6-8-24)29-20-23-19-15(22)9-12(21)10-18(19)30-20/h3-4,9-11,13H,5-8H2,1-2H3. The lowest BCUT2D eigenvalue weighted by Gasteiger charge is -2.30. The topological polar surface area (TPSA) is 78.0 Å². The van der Waals surface area contributed by atoms with Crippen LogP contribution >= 0.6 is 11.3 Å². The third kappa shape index (κ3) is 4.30. The monoisotopic (exact) mass is 470 g/mol. The van der Waals surface area contributed by atoms with E-state index < -0.39 is 21.7 Å². The van der Waals surface area contributed by atoms with Crippen LogP contribution in [0.25, 0.3) is 10.2 Å². The summed E-state index contributed by atoms with van der Waals surface area (Å²) in [4.78, 5) is 4.21. The summed E-state index contributed by atoms with van der Waals surface area (Å²) < 4.78 is 71.2. The summed E-state index contributed by atoms with van der Waals surface area (Å²) in [5.41, 5.74) is 0.0647. The van der Waals surface area contributed by atoms with E-state index >= 15 is 0 Å². The molecule has 11 heteroatoms. The molecule has 1 aliphatic heterocycles. The molecule has 1 fully saturated rings. The Hall–Kier alpha value is -2.50. The summed E-state index contributed by atoms with van der Waals surface area (Å²) in [6.45, 7) is 0.518. The Balaban J connectivity index is 1.44. The molecule has 0 atom stereocenters. The van der Waals surface area contributed by atoms with Crippen LogP contribution in [0.2, 0.25) is 0 Å². The Morgan fingerprint density at radius 2 is 1.77 bits per heavy atom. The number of methoxy groups -OCH3 is 2. The maximum Gasteiger partial charge on any atom is 0.274 e. The molecule has 4 rings (SSSR count). The normalized spacial score (nSPS) is 15.9. The van der Waals surface area contributed by atoms with Crippen LogP contribution in [0.15, 0.2) is 35.2 Å². The molecule has 166 valence electrons. The number of sulfonamides is 1. The van der Waals surface area contributed by atoms with Crippen molar-refractivity contribution < 1.29 is 31.4 Å². The molecular formula is C20H20F2N2O5S2. The first-order chi connectivity index (χ1) is 14.8. The number of piperidine rings is 1. The van der Waals surface area contributed by atoms with E-state index in [1.165, 1.54) is 36.7 Å². The fourth-order valence-corrected chi connectivity index (χ4v) is 5.85. The molecule has 31 heavy (non-hydrogen) atoms. The Morgan fingerprint density at radius 3 is 2.45 bits per heavy atom. The molecule has 0 saturated carbocycles. The summed E-state index contributed by atoms with van der Waals surface area (Å²) in [5, 5.41) is 0.237. The van der Waals surface area contributed by atoms with Gasteiger partial charge in [0.15, 0.2) is 17.3 Å². The highest BCUT2D eigenvalue weighted by Gasteiger charge is 2.31. The molecule has 1 saturated heterocycles. The summed E-state index contributed by atoms with van der Waals surface area (Å²) in [7, 11) is -0.786. The average molecular weight is 471 g/mol. The second-order valence-electron chi connectivity index (χ2n) is 6.95. The number of ether oxygens (including phenoxy) is 3. The zero-order chi connectivity index (χ0) is 22.2. The van der Waals surface area contributed by atoms with Gasteiger partial charge >= 0.3 is 0 Å². The second kappa shape index (κ2) is 8.56. The van der Waals surface area contributed by atoms with Crippen molar-refractivity contribution >= 4 is 31.6 Å². The number of benzene rings is 2. The first-order valence-electron chi connectivity index (χ1n) is 9.46. The van der Waals surface area contributed by atoms with Crippen molar-refractivity contribution in [3.8, 4) is 16.7 Å². The molecule has 3 aromatic rings. The first-order valence-corrected chi connectivity index (χ1v) is 11.7. The fourth-order valence-electron chi connectivity index (χ4n) is 3.45. The van der Waals surface area contributed by atoms with Crippen LogP contribution in [0.5, 0.6) is 16.7 Å². The summed E-state index contributed by atoms with van der Waals surface area (Å²) >= 11 is 1.06. The zero-order valence-corrected chi connectivity index (χ0v) is 18.4. The maximum atomic E-state index is 13.8. The van der Waals surface area contributed by atoms with E-state index in [1.807, 2.05) is 0 Å². The Kier molecular flexibility index (Phi) is 6.00. The van der Waals surface area contributed by atoms with Gasteiger partial charge in [0.05, 0.1) is 23.8 Å². The van der Waals surface area contributed by atoms with E-state index in [9.17, 15) is 17.2 Å². The molecule has 0 bridgehead atoms. The van der Waals surface area contributed by atoms with Gasteiger partial charge in [-0.3, -0.25) is 0 Å². The number of aromatic nitrogens is 1. The van der Waals surface area contributed by atoms with E-state index in [1.54, 1.807) is 6.07 Å². The quantitative estimate of drug-likeness (QED) is 0.545. The third-order valence-electron chi connectivity index (χ3n) is 5.05. The van der Waals surface area contributed by atoms with Gasteiger partial charge in [-0.1, -0.05) is 11.3 Å². The number of hydrogen-bond donors (Lipinski definition) is 0. The molecule has 0 amide bonds. The van der Waals surface area contributed by atoms with E-state index in [-0.39, 0.29) is 34.8 Å². The lowest BCUT2D eigenvalue weighted by atomic mass is 10.1. The summed E-state index contributed by atoms with van der Waals surface area (Å²) in [5.74, 6) is -0.632. The van der Waals surface area contributed by atoms with Crippen molar-refractivity contribution in [3.05, 3.63) is 42.0 Å². The summed E-state index contributed by atoms with van der Waals surface area (Å²) in [6.07, 6.45) is 0.615. The van der Waals surface area contributed by atoms with Crippen molar-refractivity contribution in [2.24, 2.45) is 0 Å². The number of thiazole rings is 1. The molecule has 0 aliphatic carbocycles. The Bertz CT molecular complexity index is 1210. The minimum absolute atomic E-state index is 0.0647. The van der Waals surface area contributed by atoms with Crippen molar-refractivity contribution in [1.82, 2.24) is 9.29 Å². The zero-order valence-electron chi connectivity index (χ0n) is 16.8. The van der Waals surface area contributed by atoms with Crippen molar-refractivity contribution in [2.45, 2.75) is 23.8 Å². The number of fused-ring (bicyclic) bond motifs is 1. The predicted molar refractivity (Wildman–Crippen MR) is 111 cm³/mol. The molecule has 0 unspecified atom stereocenters. The molecular weight excluding hydrogens is 450 g/mol. The highest BCUT2D eigenvalue weighted by molar-refractivity contribution is 7.89. The van der Waals surface area contributed by atoms with Crippen LogP contribution in [0.4, 0.5) is 8.78 Å². The van der Waals surface area contributed by atoms with E-state index in [0.717, 1.165) is 17.4 Å². The van der Waals surface area contributed by atoms with Gasteiger partial charge in [-0.15, -0.1) is 0 Å². The molecule has 0 spiro atoms. The molecule has 2 heterocycles. The van der Waals surface area contributed by atoms with Crippen LogP contribution < -0.4 is 14.2 Å². The molecule has 0 radical (unpaired) electrons. The smallest absolute Gasteiger partial charge is 0.274 e. The van der Waals surface area contributed by atoms with Gasteiger partial charge in [0.1, 0.15) is 17.4 Å². The van der Waals surface area contributed by atoms with Gasteiger partial charge in [-0.25, -0.2) is 17.2 Å². The molecule has 0 N–H and O–H groups in total. The van der Waals surface area contributed by atoms with Gasteiger partial charge in [0.2, 0.25) is 10.0 Å². The fraction of sp³-hybridized carbons (Fsp3) is 0.350. The lowest BCUT2D eigenvalue weighted by Crippen LogP contribution is -2.41. The number of rotatable bonds is 6. The SMILES string of the molecule is COc1ccc(S(=O)(=O)N2CCC(Oc3nc4c(F)cc(F)cc4s3)CC2)cc1OC. The Labute approximate surface area is 182 Å². The van der Waals surface area contributed by atoms with Gasteiger partial charge in [-0.2, -0.15) is 9.29 Å². The van der Waals surface area contributed by atoms with Crippen molar-refractivity contribution in [1.29, 1.82) is 0 Å². The maximum absolute atomic E-state index is 13.8. The molecule has 7 nitrogen and oxygen atoms in total. The van der Waals surface area contributed by atoms with Crippen LogP contribution in [-0.2, 0) is 10.0 Å². The highest BCUT2D eigenvalue weighted by atomic mass is 32.2. The second-order valence-corrected chi connectivity index (χ2v) is 9.88. The largest absolute Gasteiger partial charge is 0.493 e. The van der Waals surface area contributed by atoms with Crippen LogP contribution in [0, 0.1) is 11.6 Å².